The maximum Gasteiger partial charge on any atom is 0.397 e. The molecule has 13 nitrogen and oxygen atoms in total. The second-order valence-corrected chi connectivity index (χ2v) is 20.1. The lowest BCUT2D eigenvalue weighted by molar-refractivity contribution is -0.203. The highest BCUT2D eigenvalue weighted by atomic mass is 32.2. The first kappa shape index (κ1) is 41.3. The van der Waals surface area contributed by atoms with E-state index >= 15 is 0 Å². The first-order chi connectivity index (χ1) is 27.8. The van der Waals surface area contributed by atoms with Gasteiger partial charge in [0, 0.05) is 29.2 Å². The normalized spacial score (nSPS) is 30.3. The van der Waals surface area contributed by atoms with E-state index in [-0.39, 0.29) is 38.6 Å². The number of esters is 1. The number of hydrogen-bond donors (Lipinski definition) is 2. The van der Waals surface area contributed by atoms with Gasteiger partial charge in [0.2, 0.25) is 21.8 Å². The molecule has 3 aliphatic carbocycles. The fourth-order valence-corrected chi connectivity index (χ4v) is 10.4. The summed E-state index contributed by atoms with van der Waals surface area (Å²) in [5, 5.41) is 3.73. The molecule has 5 atom stereocenters. The van der Waals surface area contributed by atoms with E-state index in [0.29, 0.717) is 68.6 Å². The number of amides is 3. The Kier molecular flexibility index (Phi) is 10.3. The molecule has 4 fully saturated rings. The van der Waals surface area contributed by atoms with Crippen LogP contribution in [-0.2, 0) is 40.4 Å². The number of alkyl halides is 3. The van der Waals surface area contributed by atoms with Crippen LogP contribution in [0.5, 0.6) is 11.5 Å². The third-order valence-corrected chi connectivity index (χ3v) is 15.8. The summed E-state index contributed by atoms with van der Waals surface area (Å²) in [7, 11) is -2.48. The summed E-state index contributed by atoms with van der Waals surface area (Å²) in [4.78, 5) is 62.8. The molecule has 1 saturated heterocycles. The average Bonchev–Trinajstić information content (AvgIpc) is 4.13. The van der Waals surface area contributed by atoms with Crippen LogP contribution in [0.25, 0.3) is 10.9 Å². The molecule has 2 aromatic rings. The number of benzene rings is 1. The number of pyridine rings is 1. The first-order valence-corrected chi connectivity index (χ1v) is 22.1. The molecule has 0 bridgehead atoms. The number of nitrogens with one attached hydrogen (secondary N) is 2. The number of sulfonamides is 1. The van der Waals surface area contributed by atoms with Gasteiger partial charge < -0.3 is 24.4 Å². The van der Waals surface area contributed by atoms with E-state index in [0.717, 1.165) is 16.5 Å². The Morgan fingerprint density at radius 3 is 2.54 bits per heavy atom. The molecule has 59 heavy (non-hydrogen) atoms. The number of ether oxygens (including phenoxy) is 3. The SMILES string of the molecule is COc1ccc2nc(C)c3c(c2c1)CC[C@]1(C[C@H]2C(=O)N[C@]4(C(=O)NS(=O)(=O)C5(C)CC5)C[C@H]4/C=C\CCCCC[C@H](CC(=O)OCC4(C(F)(F)F)CC4)C(=O)N2C1)O3. The zero-order chi connectivity index (χ0) is 42.2. The molecule has 1 aromatic carbocycles. The molecule has 2 N–H and O–H groups in total. The average molecular weight is 845 g/mol. The van der Waals surface area contributed by atoms with Gasteiger partial charge in [-0.05, 0) is 96.3 Å². The van der Waals surface area contributed by atoms with Crippen molar-refractivity contribution in [1.82, 2.24) is 19.9 Å². The molecule has 3 amide bonds. The van der Waals surface area contributed by atoms with Gasteiger partial charge >= 0.3 is 12.1 Å². The molecular weight excluding hydrogens is 794 g/mol. The number of aryl methyl sites for hydroxylation is 2. The fraction of sp³-hybridized carbons (Fsp3) is 0.643. The zero-order valence-electron chi connectivity index (χ0n) is 33.5. The Balaban J connectivity index is 1.11. The Bertz CT molecular complexity index is 2220. The molecular formula is C42H51F3N4O9S. The van der Waals surface area contributed by atoms with Crippen LogP contribution in [0.1, 0.15) is 102 Å². The number of fused-ring (bicyclic) bond motifs is 5. The Morgan fingerprint density at radius 2 is 1.85 bits per heavy atom. The summed E-state index contributed by atoms with van der Waals surface area (Å²) in [6.07, 6.45) is 3.06. The second kappa shape index (κ2) is 14.6. The highest BCUT2D eigenvalue weighted by Gasteiger charge is 2.65. The molecule has 3 aliphatic heterocycles. The fourth-order valence-electron chi connectivity index (χ4n) is 9.07. The van der Waals surface area contributed by atoms with Crippen LogP contribution in [0.15, 0.2) is 30.4 Å². The summed E-state index contributed by atoms with van der Waals surface area (Å²) in [5.74, 6) is -3.35. The smallest absolute Gasteiger partial charge is 0.397 e. The molecule has 6 aliphatic rings. The van der Waals surface area contributed by atoms with Gasteiger partial charge in [-0.15, -0.1) is 0 Å². The van der Waals surface area contributed by atoms with E-state index in [1.54, 1.807) is 14.0 Å². The molecule has 0 unspecified atom stereocenters. The van der Waals surface area contributed by atoms with Gasteiger partial charge in [-0.25, -0.2) is 13.4 Å². The number of rotatable bonds is 8. The van der Waals surface area contributed by atoms with Crippen molar-refractivity contribution in [3.63, 3.8) is 0 Å². The zero-order valence-corrected chi connectivity index (χ0v) is 34.4. The molecule has 1 spiro atoms. The van der Waals surface area contributed by atoms with Crippen molar-refractivity contribution in [3.05, 3.63) is 41.6 Å². The van der Waals surface area contributed by atoms with Crippen molar-refractivity contribution in [2.45, 2.75) is 132 Å². The summed E-state index contributed by atoms with van der Waals surface area (Å²) in [5.41, 5.74) is -2.48. The van der Waals surface area contributed by atoms with E-state index in [4.69, 9.17) is 19.2 Å². The molecule has 8 rings (SSSR count). The number of carbonyl (C=O) groups excluding carboxylic acids is 4. The summed E-state index contributed by atoms with van der Waals surface area (Å²) in [6, 6.07) is 4.37. The van der Waals surface area contributed by atoms with Crippen LogP contribution in [-0.4, -0.2) is 90.4 Å². The van der Waals surface area contributed by atoms with Gasteiger partial charge in [-0.1, -0.05) is 25.0 Å². The van der Waals surface area contributed by atoms with Gasteiger partial charge in [-0.3, -0.25) is 23.9 Å². The number of nitrogens with zero attached hydrogens (tertiary/aromatic N) is 2. The lowest BCUT2D eigenvalue weighted by atomic mass is 9.87. The number of allylic oxidation sites excluding steroid dienone is 1. The van der Waals surface area contributed by atoms with Crippen molar-refractivity contribution in [1.29, 1.82) is 0 Å². The van der Waals surface area contributed by atoms with Crippen molar-refractivity contribution >= 4 is 44.6 Å². The van der Waals surface area contributed by atoms with Gasteiger partial charge in [0.1, 0.15) is 40.7 Å². The third kappa shape index (κ3) is 7.64. The monoisotopic (exact) mass is 844 g/mol. The van der Waals surface area contributed by atoms with Crippen LogP contribution < -0.4 is 19.5 Å². The number of methoxy groups -OCH3 is 1. The minimum absolute atomic E-state index is 0.0133. The Morgan fingerprint density at radius 1 is 1.08 bits per heavy atom. The second-order valence-electron chi connectivity index (χ2n) is 17.9. The third-order valence-electron chi connectivity index (χ3n) is 13.7. The molecule has 0 radical (unpaired) electrons. The number of carbonyl (C=O) groups is 4. The molecule has 17 heteroatoms. The predicted octanol–water partition coefficient (Wildman–Crippen LogP) is 5.50. The standard InChI is InChI=1S/C42H51F3N4O9S/c1-25-34-29(30-20-28(56-3)11-12-31(30)46-25)13-14-40(58-34)22-32-35(51)47-41(37(53)48-59(54,55)38(2)15-16-38)21-27(41)10-8-6-4-5-7-9-26(36(52)49(32)23-40)19-33(50)57-24-39(17-18-39)42(43,44)45/h8,10-12,20,26-27,32H,4-7,9,13-19,21-24H2,1-3H3,(H,47,51)(H,48,53)/b10-8-/t26-,27-,32+,40-,41-/m1/s1. The van der Waals surface area contributed by atoms with Crippen molar-refractivity contribution in [2.75, 3.05) is 20.3 Å². The highest BCUT2D eigenvalue weighted by molar-refractivity contribution is 7.91. The minimum Gasteiger partial charge on any atom is -0.497 e. The topological polar surface area (TPSA) is 170 Å². The first-order valence-electron chi connectivity index (χ1n) is 20.6. The number of aromatic nitrogens is 1. The maximum atomic E-state index is 14.8. The quantitative estimate of drug-likeness (QED) is 0.256. The Labute approximate surface area is 341 Å². The molecule has 3 saturated carbocycles. The summed E-state index contributed by atoms with van der Waals surface area (Å²) >= 11 is 0. The largest absolute Gasteiger partial charge is 0.497 e. The van der Waals surface area contributed by atoms with Gasteiger partial charge in [0.15, 0.2) is 0 Å². The van der Waals surface area contributed by atoms with Gasteiger partial charge in [0.05, 0.1) is 36.0 Å². The lowest BCUT2D eigenvalue weighted by Crippen LogP contribution is -2.57. The lowest BCUT2D eigenvalue weighted by Gasteiger charge is -2.36. The van der Waals surface area contributed by atoms with Gasteiger partial charge in [-0.2, -0.15) is 13.2 Å². The van der Waals surface area contributed by atoms with E-state index < -0.39 is 92.1 Å². The molecule has 4 heterocycles. The maximum absolute atomic E-state index is 14.8. The van der Waals surface area contributed by atoms with Crippen molar-refractivity contribution in [3.8, 4) is 11.5 Å². The van der Waals surface area contributed by atoms with Crippen LogP contribution in [0.2, 0.25) is 0 Å². The van der Waals surface area contributed by atoms with E-state index in [1.165, 1.54) is 4.90 Å². The van der Waals surface area contributed by atoms with E-state index in [1.807, 2.05) is 37.3 Å². The summed E-state index contributed by atoms with van der Waals surface area (Å²) < 4.78 is 86.1. The Hall–Kier alpha value is -4.41. The predicted molar refractivity (Wildman–Crippen MR) is 208 cm³/mol. The summed E-state index contributed by atoms with van der Waals surface area (Å²) in [6.45, 7) is 2.50. The molecule has 1 aromatic heterocycles. The highest BCUT2D eigenvalue weighted by Crippen LogP contribution is 2.58. The van der Waals surface area contributed by atoms with Crippen LogP contribution in [0, 0.1) is 24.2 Å². The van der Waals surface area contributed by atoms with Crippen LogP contribution >= 0.6 is 0 Å². The van der Waals surface area contributed by atoms with Crippen molar-refractivity contribution in [2.24, 2.45) is 17.3 Å². The van der Waals surface area contributed by atoms with Crippen molar-refractivity contribution < 1.29 is 55.0 Å². The van der Waals surface area contributed by atoms with Crippen LogP contribution in [0.3, 0.4) is 0 Å². The van der Waals surface area contributed by atoms with E-state index in [2.05, 4.69) is 10.0 Å². The van der Waals surface area contributed by atoms with Crippen LogP contribution in [0.4, 0.5) is 13.2 Å². The van der Waals surface area contributed by atoms with Gasteiger partial charge in [0.25, 0.3) is 5.91 Å². The number of hydrogen-bond acceptors (Lipinski definition) is 10. The number of halogens is 3. The van der Waals surface area contributed by atoms with E-state index in [9.17, 15) is 40.8 Å². The minimum atomic E-state index is -4.52. The molecule has 320 valence electrons.